The predicted octanol–water partition coefficient (Wildman–Crippen LogP) is 1.28. The van der Waals surface area contributed by atoms with Crippen LogP contribution in [0, 0.1) is 17.5 Å². The van der Waals surface area contributed by atoms with Crippen LogP contribution in [0.15, 0.2) is 12.1 Å². The Labute approximate surface area is 96.0 Å². The summed E-state index contributed by atoms with van der Waals surface area (Å²) >= 11 is 0. The summed E-state index contributed by atoms with van der Waals surface area (Å²) in [6.07, 6.45) is 0.622. The molecule has 1 heterocycles. The van der Waals surface area contributed by atoms with E-state index in [4.69, 9.17) is 5.73 Å². The van der Waals surface area contributed by atoms with E-state index in [9.17, 15) is 18.0 Å². The second-order valence-corrected chi connectivity index (χ2v) is 4.02. The number of carbonyl (C=O) groups excluding carboxylic acids is 1. The van der Waals surface area contributed by atoms with Gasteiger partial charge in [0.1, 0.15) is 0 Å². The number of carbonyl (C=O) groups is 1. The minimum atomic E-state index is -1.63. The first-order valence-corrected chi connectivity index (χ1v) is 5.19. The Morgan fingerprint density at radius 2 is 2.00 bits per heavy atom. The van der Waals surface area contributed by atoms with E-state index in [0.29, 0.717) is 19.5 Å². The SMILES string of the molecule is N[C@@H]1CCN(C(=O)c2ccc(F)c(F)c2F)C1. The zero-order valence-corrected chi connectivity index (χ0v) is 8.92. The highest BCUT2D eigenvalue weighted by molar-refractivity contribution is 5.94. The maximum atomic E-state index is 13.4. The normalized spacial score (nSPS) is 19.8. The first kappa shape index (κ1) is 11.9. The molecule has 1 fully saturated rings. The summed E-state index contributed by atoms with van der Waals surface area (Å²) in [4.78, 5) is 13.2. The Bertz CT molecular complexity index is 464. The second-order valence-electron chi connectivity index (χ2n) is 4.02. The van der Waals surface area contributed by atoms with Crippen molar-refractivity contribution < 1.29 is 18.0 Å². The molecule has 1 aliphatic rings. The van der Waals surface area contributed by atoms with Gasteiger partial charge in [0.05, 0.1) is 5.56 Å². The van der Waals surface area contributed by atoms with Gasteiger partial charge in [-0.05, 0) is 18.6 Å². The van der Waals surface area contributed by atoms with Gasteiger partial charge in [-0.3, -0.25) is 4.79 Å². The molecule has 0 saturated carbocycles. The van der Waals surface area contributed by atoms with E-state index in [1.807, 2.05) is 0 Å². The van der Waals surface area contributed by atoms with Crippen LogP contribution in [0.3, 0.4) is 0 Å². The minimum absolute atomic E-state index is 0.146. The molecule has 1 saturated heterocycles. The molecule has 0 aliphatic carbocycles. The molecule has 6 heteroatoms. The fourth-order valence-corrected chi connectivity index (χ4v) is 1.83. The first-order valence-electron chi connectivity index (χ1n) is 5.19. The molecule has 0 radical (unpaired) electrons. The maximum absolute atomic E-state index is 13.4. The molecule has 1 atom stereocenters. The highest BCUT2D eigenvalue weighted by Gasteiger charge is 2.28. The number of benzene rings is 1. The average molecular weight is 244 g/mol. The van der Waals surface area contributed by atoms with Crippen LogP contribution in [0.5, 0.6) is 0 Å². The van der Waals surface area contributed by atoms with Gasteiger partial charge in [-0.2, -0.15) is 0 Å². The highest BCUT2D eigenvalue weighted by atomic mass is 19.2. The number of amides is 1. The quantitative estimate of drug-likeness (QED) is 0.756. The molecule has 0 spiro atoms. The summed E-state index contributed by atoms with van der Waals surface area (Å²) in [5, 5.41) is 0. The molecule has 2 N–H and O–H groups in total. The van der Waals surface area contributed by atoms with E-state index in [1.165, 1.54) is 4.90 Å². The summed E-state index contributed by atoms with van der Waals surface area (Å²) < 4.78 is 39.0. The zero-order chi connectivity index (χ0) is 12.6. The average Bonchev–Trinajstić information content (AvgIpc) is 2.72. The molecule has 1 aromatic carbocycles. The Hall–Kier alpha value is -1.56. The number of nitrogens with zero attached hydrogens (tertiary/aromatic N) is 1. The van der Waals surface area contributed by atoms with Crippen LogP contribution >= 0.6 is 0 Å². The second kappa shape index (κ2) is 4.37. The molecule has 1 aliphatic heterocycles. The molecule has 0 bridgehead atoms. The molecule has 92 valence electrons. The third-order valence-electron chi connectivity index (χ3n) is 2.78. The summed E-state index contributed by atoms with van der Waals surface area (Å²) in [7, 11) is 0. The van der Waals surface area contributed by atoms with Gasteiger partial charge in [-0.15, -0.1) is 0 Å². The predicted molar refractivity (Wildman–Crippen MR) is 54.8 cm³/mol. The van der Waals surface area contributed by atoms with Crippen molar-refractivity contribution in [3.8, 4) is 0 Å². The largest absolute Gasteiger partial charge is 0.337 e. The lowest BCUT2D eigenvalue weighted by Crippen LogP contribution is -2.32. The smallest absolute Gasteiger partial charge is 0.256 e. The standard InChI is InChI=1S/C11H11F3N2O/c12-8-2-1-7(9(13)10(8)14)11(17)16-4-3-6(15)5-16/h1-2,6H,3-5,15H2/t6-/m1/s1. The van der Waals surface area contributed by atoms with Gasteiger partial charge in [-0.1, -0.05) is 0 Å². The van der Waals surface area contributed by atoms with E-state index in [2.05, 4.69) is 0 Å². The number of rotatable bonds is 1. The van der Waals surface area contributed by atoms with Crippen molar-refractivity contribution in [2.24, 2.45) is 5.73 Å². The van der Waals surface area contributed by atoms with Crippen LogP contribution in [-0.4, -0.2) is 29.9 Å². The van der Waals surface area contributed by atoms with Crippen LogP contribution < -0.4 is 5.73 Å². The van der Waals surface area contributed by atoms with E-state index in [-0.39, 0.29) is 6.04 Å². The summed E-state index contributed by atoms with van der Waals surface area (Å²) in [6, 6.07) is 1.54. The van der Waals surface area contributed by atoms with Crippen LogP contribution in [-0.2, 0) is 0 Å². The maximum Gasteiger partial charge on any atom is 0.256 e. The molecule has 1 aromatic rings. The van der Waals surface area contributed by atoms with Crippen molar-refractivity contribution in [2.75, 3.05) is 13.1 Å². The Morgan fingerprint density at radius 1 is 1.29 bits per heavy atom. The van der Waals surface area contributed by atoms with E-state index < -0.39 is 28.9 Å². The fraction of sp³-hybridized carbons (Fsp3) is 0.364. The van der Waals surface area contributed by atoms with Gasteiger partial charge in [0.15, 0.2) is 17.5 Å². The molecule has 1 amide bonds. The zero-order valence-electron chi connectivity index (χ0n) is 8.92. The fourth-order valence-electron chi connectivity index (χ4n) is 1.83. The molecular weight excluding hydrogens is 233 g/mol. The first-order chi connectivity index (χ1) is 8.00. The Morgan fingerprint density at radius 3 is 2.59 bits per heavy atom. The van der Waals surface area contributed by atoms with Crippen LogP contribution in [0.4, 0.5) is 13.2 Å². The number of nitrogens with two attached hydrogens (primary N) is 1. The number of halogens is 3. The van der Waals surface area contributed by atoms with Crippen LogP contribution in [0.1, 0.15) is 16.8 Å². The van der Waals surface area contributed by atoms with Gasteiger partial charge in [0.25, 0.3) is 5.91 Å². The van der Waals surface area contributed by atoms with Crippen molar-refractivity contribution >= 4 is 5.91 Å². The molecular formula is C11H11F3N2O. The molecule has 2 rings (SSSR count). The van der Waals surface area contributed by atoms with Crippen molar-refractivity contribution in [3.63, 3.8) is 0 Å². The van der Waals surface area contributed by atoms with Crippen molar-refractivity contribution in [1.29, 1.82) is 0 Å². The molecule has 0 aromatic heterocycles. The van der Waals surface area contributed by atoms with E-state index in [1.54, 1.807) is 0 Å². The molecule has 0 unspecified atom stereocenters. The van der Waals surface area contributed by atoms with Crippen molar-refractivity contribution in [2.45, 2.75) is 12.5 Å². The van der Waals surface area contributed by atoms with Gasteiger partial charge in [0, 0.05) is 19.1 Å². The molecule has 17 heavy (non-hydrogen) atoms. The summed E-state index contributed by atoms with van der Waals surface area (Å²) in [6.45, 7) is 0.704. The Balaban J connectivity index is 2.29. The van der Waals surface area contributed by atoms with Crippen LogP contribution in [0.25, 0.3) is 0 Å². The lowest BCUT2D eigenvalue weighted by molar-refractivity contribution is 0.0785. The van der Waals surface area contributed by atoms with Gasteiger partial charge < -0.3 is 10.6 Å². The van der Waals surface area contributed by atoms with Gasteiger partial charge in [-0.25, -0.2) is 13.2 Å². The lowest BCUT2D eigenvalue weighted by Gasteiger charge is -2.16. The van der Waals surface area contributed by atoms with E-state index >= 15 is 0 Å². The monoisotopic (exact) mass is 244 g/mol. The van der Waals surface area contributed by atoms with Gasteiger partial charge >= 0.3 is 0 Å². The minimum Gasteiger partial charge on any atom is -0.337 e. The van der Waals surface area contributed by atoms with Crippen molar-refractivity contribution in [3.05, 3.63) is 35.1 Å². The number of hydrogen-bond donors (Lipinski definition) is 1. The highest BCUT2D eigenvalue weighted by Crippen LogP contribution is 2.19. The number of hydrogen-bond acceptors (Lipinski definition) is 2. The van der Waals surface area contributed by atoms with Crippen LogP contribution in [0.2, 0.25) is 0 Å². The topological polar surface area (TPSA) is 46.3 Å². The molecule has 3 nitrogen and oxygen atoms in total. The lowest BCUT2D eigenvalue weighted by atomic mass is 10.1. The number of likely N-dealkylation sites (tertiary alicyclic amines) is 1. The van der Waals surface area contributed by atoms with E-state index in [0.717, 1.165) is 12.1 Å². The summed E-state index contributed by atoms with van der Waals surface area (Å²) in [5.74, 6) is -5.04. The summed E-state index contributed by atoms with van der Waals surface area (Å²) in [5.41, 5.74) is 5.15. The van der Waals surface area contributed by atoms with Gasteiger partial charge in [0.2, 0.25) is 0 Å². The third kappa shape index (κ3) is 2.12. The third-order valence-corrected chi connectivity index (χ3v) is 2.78. The Kier molecular flexibility index (Phi) is 3.06. The van der Waals surface area contributed by atoms with Crippen molar-refractivity contribution in [1.82, 2.24) is 4.90 Å².